The summed E-state index contributed by atoms with van der Waals surface area (Å²) in [6.45, 7) is 1.94. The Morgan fingerprint density at radius 1 is 1.29 bits per heavy atom. The maximum absolute atomic E-state index is 6.14. The Bertz CT molecular complexity index is 449. The van der Waals surface area contributed by atoms with Gasteiger partial charge in [-0.05, 0) is 24.6 Å². The van der Waals surface area contributed by atoms with Gasteiger partial charge in [0.15, 0.2) is 0 Å². The monoisotopic (exact) mass is 226 g/mol. The second-order valence-electron chi connectivity index (χ2n) is 2.98. The summed E-state index contributed by atoms with van der Waals surface area (Å²) in [6.07, 6.45) is 3.50. The maximum atomic E-state index is 6.14. The first kappa shape index (κ1) is 9.56. The zero-order valence-electron chi connectivity index (χ0n) is 7.54. The van der Waals surface area contributed by atoms with E-state index in [-0.39, 0.29) is 0 Å². The topological polar surface area (TPSA) is 17.8 Å². The van der Waals surface area contributed by atoms with Gasteiger partial charge in [0.25, 0.3) is 0 Å². The van der Waals surface area contributed by atoms with Crippen LogP contribution in [-0.2, 0) is 0 Å². The Balaban J connectivity index is 2.69. The van der Waals surface area contributed by atoms with E-state index < -0.39 is 0 Å². The third-order valence-corrected chi connectivity index (χ3v) is 2.78. The largest absolute Gasteiger partial charge is 0.238 e. The van der Waals surface area contributed by atoms with E-state index in [1.165, 1.54) is 0 Å². The molecule has 0 saturated heterocycles. The highest BCUT2D eigenvalue weighted by atomic mass is 35.5. The molecule has 72 valence electrons. The van der Waals surface area contributed by atoms with E-state index in [0.29, 0.717) is 10.0 Å². The third kappa shape index (κ3) is 1.51. The minimum absolute atomic E-state index is 0.601. The fourth-order valence-corrected chi connectivity index (χ4v) is 1.80. The van der Waals surface area contributed by atoms with E-state index in [4.69, 9.17) is 23.2 Å². The van der Waals surface area contributed by atoms with Crippen molar-refractivity contribution in [2.75, 3.05) is 0 Å². The van der Waals surface area contributed by atoms with Crippen molar-refractivity contribution in [1.82, 2.24) is 9.78 Å². The first-order valence-corrected chi connectivity index (χ1v) is 4.90. The Morgan fingerprint density at radius 3 is 2.71 bits per heavy atom. The molecule has 4 heteroatoms. The van der Waals surface area contributed by atoms with Gasteiger partial charge in [0.2, 0.25) is 0 Å². The molecule has 2 aromatic rings. The predicted molar refractivity (Wildman–Crippen MR) is 58.3 cm³/mol. The number of halogens is 2. The first-order chi connectivity index (χ1) is 6.70. The second kappa shape index (κ2) is 3.64. The van der Waals surface area contributed by atoms with E-state index in [1.54, 1.807) is 10.9 Å². The standard InChI is InChI=1S/C10H8Cl2N2/c1-7-3-4-8(11)10(9(7)12)14-6-2-5-13-14/h2-6H,1H3. The van der Waals surface area contributed by atoms with Crippen LogP contribution >= 0.6 is 23.2 Å². The van der Waals surface area contributed by atoms with E-state index in [1.807, 2.05) is 31.3 Å². The average molecular weight is 227 g/mol. The molecule has 0 aliphatic rings. The predicted octanol–water partition coefficient (Wildman–Crippen LogP) is 3.49. The molecule has 2 rings (SSSR count). The molecule has 2 nitrogen and oxygen atoms in total. The molecule has 0 unspecified atom stereocenters. The quantitative estimate of drug-likeness (QED) is 0.729. The zero-order chi connectivity index (χ0) is 10.1. The maximum Gasteiger partial charge on any atom is 0.102 e. The summed E-state index contributed by atoms with van der Waals surface area (Å²) >= 11 is 12.2. The van der Waals surface area contributed by atoms with Crippen LogP contribution in [0.15, 0.2) is 30.6 Å². The second-order valence-corrected chi connectivity index (χ2v) is 3.76. The number of hydrogen-bond donors (Lipinski definition) is 0. The fraction of sp³-hybridized carbons (Fsp3) is 0.100. The van der Waals surface area contributed by atoms with Gasteiger partial charge in [0.05, 0.1) is 10.0 Å². The minimum atomic E-state index is 0.601. The van der Waals surface area contributed by atoms with Gasteiger partial charge in [-0.15, -0.1) is 0 Å². The minimum Gasteiger partial charge on any atom is -0.238 e. The van der Waals surface area contributed by atoms with Gasteiger partial charge in [-0.25, -0.2) is 4.68 Å². The molecule has 0 aliphatic carbocycles. The molecule has 1 aromatic carbocycles. The SMILES string of the molecule is Cc1ccc(Cl)c(-n2cccn2)c1Cl. The van der Waals surface area contributed by atoms with Crippen LogP contribution in [0.1, 0.15) is 5.56 Å². The highest BCUT2D eigenvalue weighted by Crippen LogP contribution is 2.30. The van der Waals surface area contributed by atoms with E-state index in [2.05, 4.69) is 5.10 Å². The third-order valence-electron chi connectivity index (χ3n) is 1.99. The lowest BCUT2D eigenvalue weighted by Gasteiger charge is -2.08. The van der Waals surface area contributed by atoms with E-state index >= 15 is 0 Å². The Labute approximate surface area is 92.1 Å². The lowest BCUT2D eigenvalue weighted by molar-refractivity contribution is 0.879. The van der Waals surface area contributed by atoms with E-state index in [0.717, 1.165) is 11.3 Å². The summed E-state index contributed by atoms with van der Waals surface area (Å²) in [5, 5.41) is 5.34. The number of rotatable bonds is 1. The molecule has 0 radical (unpaired) electrons. The number of aromatic nitrogens is 2. The van der Waals surface area contributed by atoms with Crippen LogP contribution in [-0.4, -0.2) is 9.78 Å². The van der Waals surface area contributed by atoms with Gasteiger partial charge in [-0.2, -0.15) is 5.10 Å². The van der Waals surface area contributed by atoms with Crippen molar-refractivity contribution in [2.24, 2.45) is 0 Å². The van der Waals surface area contributed by atoms with Crippen LogP contribution in [0.4, 0.5) is 0 Å². The van der Waals surface area contributed by atoms with Crippen molar-refractivity contribution < 1.29 is 0 Å². The highest BCUT2D eigenvalue weighted by Gasteiger charge is 2.09. The molecule has 0 aliphatic heterocycles. The lowest BCUT2D eigenvalue weighted by Crippen LogP contribution is -1.97. The molecule has 0 N–H and O–H groups in total. The molecule has 0 fully saturated rings. The van der Waals surface area contributed by atoms with Crippen molar-refractivity contribution in [3.8, 4) is 5.69 Å². The van der Waals surface area contributed by atoms with Crippen LogP contribution in [0.3, 0.4) is 0 Å². The molecule has 0 atom stereocenters. The molecular weight excluding hydrogens is 219 g/mol. The number of aryl methyl sites for hydroxylation is 1. The normalized spacial score (nSPS) is 10.5. The molecule has 1 aromatic heterocycles. The summed E-state index contributed by atoms with van der Waals surface area (Å²) in [5.41, 5.74) is 1.72. The number of hydrogen-bond acceptors (Lipinski definition) is 1. The number of benzene rings is 1. The van der Waals surface area contributed by atoms with Crippen LogP contribution < -0.4 is 0 Å². The molecule has 1 heterocycles. The summed E-state index contributed by atoms with van der Waals surface area (Å²) in [5.74, 6) is 0. The van der Waals surface area contributed by atoms with Crippen molar-refractivity contribution in [1.29, 1.82) is 0 Å². The summed E-state index contributed by atoms with van der Waals surface area (Å²) in [4.78, 5) is 0. The summed E-state index contributed by atoms with van der Waals surface area (Å²) < 4.78 is 1.66. The van der Waals surface area contributed by atoms with Crippen molar-refractivity contribution in [3.05, 3.63) is 46.2 Å². The Hall–Kier alpha value is -0.990. The number of nitrogens with zero attached hydrogens (tertiary/aromatic N) is 2. The van der Waals surface area contributed by atoms with Gasteiger partial charge in [0, 0.05) is 12.4 Å². The smallest absolute Gasteiger partial charge is 0.102 e. The van der Waals surface area contributed by atoms with Crippen molar-refractivity contribution >= 4 is 23.2 Å². The van der Waals surface area contributed by atoms with Crippen LogP contribution in [0.25, 0.3) is 5.69 Å². The Morgan fingerprint density at radius 2 is 2.07 bits per heavy atom. The highest BCUT2D eigenvalue weighted by molar-refractivity contribution is 6.38. The van der Waals surface area contributed by atoms with Gasteiger partial charge in [-0.1, -0.05) is 29.3 Å². The molecule has 0 spiro atoms. The molecule has 0 saturated carbocycles. The summed E-state index contributed by atoms with van der Waals surface area (Å²) in [6, 6.07) is 5.53. The summed E-state index contributed by atoms with van der Waals surface area (Å²) in [7, 11) is 0. The van der Waals surface area contributed by atoms with Crippen LogP contribution in [0, 0.1) is 6.92 Å². The van der Waals surface area contributed by atoms with Crippen LogP contribution in [0.5, 0.6) is 0 Å². The average Bonchev–Trinajstić information content (AvgIpc) is 2.65. The Kier molecular flexibility index (Phi) is 2.48. The molecule has 0 bridgehead atoms. The lowest BCUT2D eigenvalue weighted by atomic mass is 10.2. The molecule has 14 heavy (non-hydrogen) atoms. The molecule has 0 amide bonds. The van der Waals surface area contributed by atoms with Crippen molar-refractivity contribution in [2.45, 2.75) is 6.92 Å². The molecular formula is C10H8Cl2N2. The van der Waals surface area contributed by atoms with Gasteiger partial charge < -0.3 is 0 Å². The first-order valence-electron chi connectivity index (χ1n) is 4.15. The van der Waals surface area contributed by atoms with E-state index in [9.17, 15) is 0 Å². The zero-order valence-corrected chi connectivity index (χ0v) is 9.05. The van der Waals surface area contributed by atoms with Gasteiger partial charge in [0.1, 0.15) is 5.69 Å². The van der Waals surface area contributed by atoms with Crippen molar-refractivity contribution in [3.63, 3.8) is 0 Å². The van der Waals surface area contributed by atoms with Crippen LogP contribution in [0.2, 0.25) is 10.0 Å². The van der Waals surface area contributed by atoms with Gasteiger partial charge in [-0.3, -0.25) is 0 Å². The fourth-order valence-electron chi connectivity index (χ4n) is 1.25. The van der Waals surface area contributed by atoms with Gasteiger partial charge >= 0.3 is 0 Å².